The Hall–Kier alpha value is -1.79. The monoisotopic (exact) mass is 731 g/mol. The summed E-state index contributed by atoms with van der Waals surface area (Å²) in [6.45, 7) is 3.79. The van der Waals surface area contributed by atoms with Crippen molar-refractivity contribution < 1.29 is 53.8 Å². The molecule has 4 N–H and O–H groups in total. The first-order chi connectivity index (χ1) is 24.7. The molecule has 1 aliphatic heterocycles. The quantitative estimate of drug-likeness (QED) is 0.0375. The fourth-order valence-corrected chi connectivity index (χ4v) is 6.41. The maximum atomic E-state index is 12.7. The number of carboxylic acids is 1. The van der Waals surface area contributed by atoms with Crippen LogP contribution in [-0.4, -0.2) is 88.4 Å². The first kappa shape index (κ1) is 47.2. The van der Waals surface area contributed by atoms with Crippen LogP contribution in [0.25, 0.3) is 0 Å². The second-order valence-corrected chi connectivity index (χ2v) is 14.5. The molecule has 6 unspecified atom stereocenters. The third kappa shape index (κ3) is 24.2. The van der Waals surface area contributed by atoms with Gasteiger partial charge in [-0.3, -0.25) is 9.59 Å². The van der Waals surface area contributed by atoms with E-state index < -0.39 is 54.7 Å². The molecule has 0 radical (unpaired) electrons. The standard InChI is InChI=1S/C40H74O11/c1-3-5-7-9-11-13-15-16-17-18-19-21-22-24-26-28-33(41)48-30-32(31-49-40-37(45)35(43)36(44)38(51-40)39(46)47)50-34(42)29-27-25-23-20-14-12-10-8-6-4-2/h32,35-38,40,43-45H,3-31H2,1-2H3,(H,46,47). The van der Waals surface area contributed by atoms with Crippen molar-refractivity contribution in [1.82, 2.24) is 0 Å². The molecule has 0 aromatic heterocycles. The van der Waals surface area contributed by atoms with Crippen molar-refractivity contribution in [3.63, 3.8) is 0 Å². The van der Waals surface area contributed by atoms with Crippen LogP contribution < -0.4 is 0 Å². The van der Waals surface area contributed by atoms with E-state index in [1.807, 2.05) is 0 Å². The van der Waals surface area contributed by atoms with Crippen LogP contribution in [0.4, 0.5) is 0 Å². The van der Waals surface area contributed by atoms with Crippen molar-refractivity contribution in [3.05, 3.63) is 0 Å². The minimum Gasteiger partial charge on any atom is -0.479 e. The van der Waals surface area contributed by atoms with Gasteiger partial charge in [-0.05, 0) is 12.8 Å². The molecule has 1 aliphatic rings. The lowest BCUT2D eigenvalue weighted by atomic mass is 9.99. The van der Waals surface area contributed by atoms with Gasteiger partial charge in [0.05, 0.1) is 6.61 Å². The number of aliphatic hydroxyl groups excluding tert-OH is 3. The Labute approximate surface area is 308 Å². The van der Waals surface area contributed by atoms with Crippen LogP contribution in [0.1, 0.15) is 187 Å². The van der Waals surface area contributed by atoms with Crippen molar-refractivity contribution in [2.45, 2.75) is 224 Å². The number of esters is 2. The van der Waals surface area contributed by atoms with Gasteiger partial charge >= 0.3 is 17.9 Å². The van der Waals surface area contributed by atoms with Gasteiger partial charge in [0.15, 0.2) is 18.5 Å². The summed E-state index contributed by atoms with van der Waals surface area (Å²) in [4.78, 5) is 36.6. The van der Waals surface area contributed by atoms with Crippen molar-refractivity contribution in [2.75, 3.05) is 13.2 Å². The molecule has 0 aliphatic carbocycles. The normalized spacial score (nSPS) is 21.0. The molecule has 0 bridgehead atoms. The Kier molecular flexibility index (Phi) is 29.4. The number of rotatable bonds is 34. The maximum absolute atomic E-state index is 12.7. The van der Waals surface area contributed by atoms with Crippen molar-refractivity contribution in [1.29, 1.82) is 0 Å². The second-order valence-electron chi connectivity index (χ2n) is 14.5. The van der Waals surface area contributed by atoms with E-state index in [1.54, 1.807) is 0 Å². The summed E-state index contributed by atoms with van der Waals surface area (Å²) < 4.78 is 21.6. The largest absolute Gasteiger partial charge is 0.479 e. The summed E-state index contributed by atoms with van der Waals surface area (Å²) in [5.74, 6) is -2.43. The smallest absolute Gasteiger partial charge is 0.335 e. The number of carboxylic acid groups (broad SMARTS) is 1. The molecule has 0 amide bonds. The molecule has 11 heteroatoms. The Morgan fingerprint density at radius 2 is 0.922 bits per heavy atom. The lowest BCUT2D eigenvalue weighted by Crippen LogP contribution is -2.60. The number of ether oxygens (including phenoxy) is 4. The molecule has 1 saturated heterocycles. The van der Waals surface area contributed by atoms with E-state index in [4.69, 9.17) is 18.9 Å². The highest BCUT2D eigenvalue weighted by Gasteiger charge is 2.47. The number of aliphatic carboxylic acids is 1. The first-order valence-electron chi connectivity index (χ1n) is 20.6. The minimum absolute atomic E-state index is 0.189. The van der Waals surface area contributed by atoms with Gasteiger partial charge in [0.1, 0.15) is 24.9 Å². The summed E-state index contributed by atoms with van der Waals surface area (Å²) in [6.07, 6.45) is 20.2. The van der Waals surface area contributed by atoms with Gasteiger partial charge in [-0.25, -0.2) is 4.79 Å². The summed E-state index contributed by atoms with van der Waals surface area (Å²) in [7, 11) is 0. The molecule has 300 valence electrons. The molecular formula is C40H74O11. The van der Waals surface area contributed by atoms with E-state index in [9.17, 15) is 34.8 Å². The number of hydrogen-bond donors (Lipinski definition) is 4. The lowest BCUT2D eigenvalue weighted by molar-refractivity contribution is -0.298. The molecular weight excluding hydrogens is 656 g/mol. The zero-order chi connectivity index (χ0) is 37.5. The molecule has 11 nitrogen and oxygen atoms in total. The second kappa shape index (κ2) is 31.7. The molecule has 1 fully saturated rings. The topological polar surface area (TPSA) is 169 Å². The average molecular weight is 731 g/mol. The highest BCUT2D eigenvalue weighted by atomic mass is 16.7. The fourth-order valence-electron chi connectivity index (χ4n) is 6.41. The van der Waals surface area contributed by atoms with Crippen molar-refractivity contribution >= 4 is 17.9 Å². The predicted molar refractivity (Wildman–Crippen MR) is 197 cm³/mol. The van der Waals surface area contributed by atoms with Gasteiger partial charge < -0.3 is 39.4 Å². The van der Waals surface area contributed by atoms with Gasteiger partial charge in [-0.15, -0.1) is 0 Å². The van der Waals surface area contributed by atoms with Crippen LogP contribution in [-0.2, 0) is 33.3 Å². The van der Waals surface area contributed by atoms with Gasteiger partial charge in [0.25, 0.3) is 0 Å². The number of carbonyl (C=O) groups is 3. The molecule has 6 atom stereocenters. The number of aliphatic hydroxyl groups is 3. The third-order valence-corrected chi connectivity index (χ3v) is 9.71. The average Bonchev–Trinajstić information content (AvgIpc) is 3.11. The predicted octanol–water partition coefficient (Wildman–Crippen LogP) is 7.92. The van der Waals surface area contributed by atoms with Gasteiger partial charge in [-0.2, -0.15) is 0 Å². The molecule has 1 heterocycles. The molecule has 0 saturated carbocycles. The van der Waals surface area contributed by atoms with Crippen LogP contribution in [0, 0.1) is 0 Å². The summed E-state index contributed by atoms with van der Waals surface area (Å²) in [5, 5.41) is 39.6. The Balaban J connectivity index is 2.38. The van der Waals surface area contributed by atoms with E-state index in [0.717, 1.165) is 38.5 Å². The first-order valence-corrected chi connectivity index (χ1v) is 20.6. The Morgan fingerprint density at radius 3 is 1.33 bits per heavy atom. The van der Waals surface area contributed by atoms with E-state index in [2.05, 4.69) is 13.8 Å². The molecule has 0 spiro atoms. The van der Waals surface area contributed by atoms with Gasteiger partial charge in [0, 0.05) is 12.8 Å². The number of carbonyl (C=O) groups excluding carboxylic acids is 2. The maximum Gasteiger partial charge on any atom is 0.335 e. The molecule has 0 aromatic rings. The number of unbranched alkanes of at least 4 members (excludes halogenated alkanes) is 23. The van der Waals surface area contributed by atoms with Gasteiger partial charge in [-0.1, -0.05) is 162 Å². The van der Waals surface area contributed by atoms with Crippen LogP contribution >= 0.6 is 0 Å². The minimum atomic E-state index is -1.85. The van der Waals surface area contributed by atoms with Crippen LogP contribution in [0.5, 0.6) is 0 Å². The highest BCUT2D eigenvalue weighted by Crippen LogP contribution is 2.23. The number of hydrogen-bond acceptors (Lipinski definition) is 10. The molecule has 1 rings (SSSR count). The summed E-state index contributed by atoms with van der Waals surface area (Å²) in [5.41, 5.74) is 0. The van der Waals surface area contributed by atoms with Gasteiger partial charge in [0.2, 0.25) is 0 Å². The van der Waals surface area contributed by atoms with Crippen LogP contribution in [0.2, 0.25) is 0 Å². The SMILES string of the molecule is CCCCCCCCCCCCCCCCCC(=O)OCC(COC1OC(C(=O)O)C(O)C(O)C1O)OC(=O)CCCCCCCCCCCC. The Bertz CT molecular complexity index is 869. The highest BCUT2D eigenvalue weighted by molar-refractivity contribution is 5.73. The van der Waals surface area contributed by atoms with E-state index in [0.29, 0.717) is 12.8 Å². The van der Waals surface area contributed by atoms with E-state index in [-0.39, 0.29) is 26.1 Å². The van der Waals surface area contributed by atoms with Crippen molar-refractivity contribution in [3.8, 4) is 0 Å². The van der Waals surface area contributed by atoms with E-state index >= 15 is 0 Å². The zero-order valence-corrected chi connectivity index (χ0v) is 32.1. The van der Waals surface area contributed by atoms with Crippen LogP contribution in [0.15, 0.2) is 0 Å². The lowest BCUT2D eigenvalue weighted by Gasteiger charge is -2.38. The third-order valence-electron chi connectivity index (χ3n) is 9.71. The van der Waals surface area contributed by atoms with E-state index in [1.165, 1.54) is 109 Å². The Morgan fingerprint density at radius 1 is 0.529 bits per heavy atom. The van der Waals surface area contributed by atoms with Crippen molar-refractivity contribution in [2.24, 2.45) is 0 Å². The summed E-state index contributed by atoms with van der Waals surface area (Å²) >= 11 is 0. The zero-order valence-electron chi connectivity index (χ0n) is 32.1. The molecule has 51 heavy (non-hydrogen) atoms. The van der Waals surface area contributed by atoms with Crippen LogP contribution in [0.3, 0.4) is 0 Å². The molecule has 0 aromatic carbocycles. The fraction of sp³-hybridized carbons (Fsp3) is 0.925. The summed E-state index contributed by atoms with van der Waals surface area (Å²) in [6, 6.07) is 0.